The van der Waals surface area contributed by atoms with E-state index in [1.807, 2.05) is 0 Å². The average Bonchev–Trinajstić information content (AvgIpc) is 2.83. The van der Waals surface area contributed by atoms with E-state index in [2.05, 4.69) is 11.8 Å². The van der Waals surface area contributed by atoms with Gasteiger partial charge in [-0.2, -0.15) is 0 Å². The summed E-state index contributed by atoms with van der Waals surface area (Å²) in [4.78, 5) is 2.52. The van der Waals surface area contributed by atoms with Crippen LogP contribution in [0, 0.1) is 0 Å². The van der Waals surface area contributed by atoms with Crippen LogP contribution in [-0.4, -0.2) is 50.0 Å². The normalized spacial score (nSPS) is 38.8. The van der Waals surface area contributed by atoms with E-state index < -0.39 is 0 Å². The van der Waals surface area contributed by atoms with Crippen molar-refractivity contribution in [2.24, 2.45) is 0 Å². The fraction of sp³-hybridized carbons (Fsp3) is 1.00. The first-order valence-corrected chi connectivity index (χ1v) is 5.19. The van der Waals surface area contributed by atoms with Crippen molar-refractivity contribution in [3.63, 3.8) is 0 Å². The Morgan fingerprint density at radius 2 is 2.31 bits per heavy atom. The van der Waals surface area contributed by atoms with Gasteiger partial charge in [-0.1, -0.05) is 0 Å². The number of nitrogens with zero attached hydrogens (tertiary/aromatic N) is 1. The van der Waals surface area contributed by atoms with Crippen LogP contribution in [0.5, 0.6) is 0 Å². The number of methoxy groups -OCH3 is 1. The molecule has 2 fully saturated rings. The van der Waals surface area contributed by atoms with Crippen LogP contribution in [-0.2, 0) is 9.47 Å². The minimum Gasteiger partial charge on any atom is -0.385 e. The number of likely N-dealkylation sites (tertiary alicyclic amines) is 1. The van der Waals surface area contributed by atoms with Crippen molar-refractivity contribution in [3.8, 4) is 0 Å². The summed E-state index contributed by atoms with van der Waals surface area (Å²) in [5.41, 5.74) is 0. The highest BCUT2D eigenvalue weighted by Gasteiger charge is 2.45. The number of piperidine rings is 1. The van der Waals surface area contributed by atoms with Crippen molar-refractivity contribution in [1.29, 1.82) is 0 Å². The van der Waals surface area contributed by atoms with E-state index in [9.17, 15) is 0 Å². The Morgan fingerprint density at radius 1 is 1.46 bits per heavy atom. The van der Waals surface area contributed by atoms with Crippen molar-refractivity contribution in [2.45, 2.75) is 38.0 Å². The van der Waals surface area contributed by atoms with E-state index in [0.717, 1.165) is 26.1 Å². The second kappa shape index (κ2) is 3.95. The lowest BCUT2D eigenvalue weighted by molar-refractivity contribution is 0.140. The molecule has 13 heavy (non-hydrogen) atoms. The van der Waals surface area contributed by atoms with Crippen LogP contribution in [0.1, 0.15) is 19.8 Å². The molecule has 2 aliphatic heterocycles. The highest BCUT2D eigenvalue weighted by molar-refractivity contribution is 4.95. The first kappa shape index (κ1) is 9.44. The highest BCUT2D eigenvalue weighted by atomic mass is 16.6. The minimum atomic E-state index is 0.554. The Bertz CT molecular complexity index is 174. The van der Waals surface area contributed by atoms with Gasteiger partial charge < -0.3 is 9.47 Å². The van der Waals surface area contributed by atoms with Gasteiger partial charge >= 0.3 is 0 Å². The molecule has 2 rings (SSSR count). The van der Waals surface area contributed by atoms with Crippen LogP contribution in [0.25, 0.3) is 0 Å². The van der Waals surface area contributed by atoms with Gasteiger partial charge in [-0.25, -0.2) is 0 Å². The Hall–Kier alpha value is -0.120. The van der Waals surface area contributed by atoms with Crippen LogP contribution in [0.3, 0.4) is 0 Å². The zero-order valence-electron chi connectivity index (χ0n) is 8.53. The van der Waals surface area contributed by atoms with Gasteiger partial charge in [0.2, 0.25) is 0 Å². The molecule has 2 saturated heterocycles. The molecule has 3 heteroatoms. The van der Waals surface area contributed by atoms with E-state index in [1.54, 1.807) is 7.11 Å². The maximum atomic E-state index is 5.51. The zero-order valence-corrected chi connectivity index (χ0v) is 8.53. The van der Waals surface area contributed by atoms with Gasteiger partial charge in [0.25, 0.3) is 0 Å². The molecule has 3 atom stereocenters. The number of hydrogen-bond donors (Lipinski definition) is 0. The van der Waals surface area contributed by atoms with E-state index in [4.69, 9.17) is 9.47 Å². The Morgan fingerprint density at radius 3 is 3.08 bits per heavy atom. The van der Waals surface area contributed by atoms with E-state index in [-0.39, 0.29) is 0 Å². The van der Waals surface area contributed by atoms with Gasteiger partial charge in [-0.05, 0) is 19.8 Å². The SMILES string of the molecule is COCCCN1C[C@@H]2O[C@@H]2C[C@H]1C. The molecule has 0 aromatic heterocycles. The topological polar surface area (TPSA) is 25.0 Å². The predicted molar refractivity (Wildman–Crippen MR) is 50.8 cm³/mol. The van der Waals surface area contributed by atoms with E-state index in [1.165, 1.54) is 6.42 Å². The zero-order chi connectivity index (χ0) is 9.26. The third kappa shape index (κ3) is 2.22. The Kier molecular flexibility index (Phi) is 2.86. The van der Waals surface area contributed by atoms with Crippen molar-refractivity contribution in [1.82, 2.24) is 4.90 Å². The fourth-order valence-electron chi connectivity index (χ4n) is 2.17. The van der Waals surface area contributed by atoms with Gasteiger partial charge in [-0.15, -0.1) is 0 Å². The first-order valence-electron chi connectivity index (χ1n) is 5.19. The molecule has 0 unspecified atom stereocenters. The molecule has 0 aromatic carbocycles. The summed E-state index contributed by atoms with van der Waals surface area (Å²) in [6.45, 7) is 5.46. The molecule has 0 N–H and O–H groups in total. The maximum absolute atomic E-state index is 5.51. The molecule has 0 aromatic rings. The van der Waals surface area contributed by atoms with Gasteiger partial charge in [0.1, 0.15) is 0 Å². The smallest absolute Gasteiger partial charge is 0.0969 e. The Balaban J connectivity index is 1.71. The van der Waals surface area contributed by atoms with E-state index >= 15 is 0 Å². The summed E-state index contributed by atoms with van der Waals surface area (Å²) >= 11 is 0. The Labute approximate surface area is 80.0 Å². The summed E-state index contributed by atoms with van der Waals surface area (Å²) in [5.74, 6) is 0. The largest absolute Gasteiger partial charge is 0.385 e. The first-order chi connectivity index (χ1) is 6.31. The monoisotopic (exact) mass is 185 g/mol. The highest BCUT2D eigenvalue weighted by Crippen LogP contribution is 2.33. The third-order valence-electron chi connectivity index (χ3n) is 3.09. The van der Waals surface area contributed by atoms with Crippen LogP contribution in [0.4, 0.5) is 0 Å². The van der Waals surface area contributed by atoms with Crippen LogP contribution < -0.4 is 0 Å². The summed E-state index contributed by atoms with van der Waals surface area (Å²) in [7, 11) is 1.76. The number of fused-ring (bicyclic) bond motifs is 1. The van der Waals surface area contributed by atoms with Crippen LogP contribution in [0.2, 0.25) is 0 Å². The molecule has 76 valence electrons. The summed E-state index contributed by atoms with van der Waals surface area (Å²) < 4.78 is 10.6. The molecular weight excluding hydrogens is 166 g/mol. The standard InChI is InChI=1S/C10H19NO2/c1-8-6-9-10(13-9)7-11(8)4-3-5-12-2/h8-10H,3-7H2,1-2H3/t8-,9-,10+/m1/s1. The molecular formula is C10H19NO2. The molecule has 0 bridgehead atoms. The molecule has 0 saturated carbocycles. The van der Waals surface area contributed by atoms with Gasteiger partial charge in [0, 0.05) is 32.8 Å². The van der Waals surface area contributed by atoms with Crippen molar-refractivity contribution in [3.05, 3.63) is 0 Å². The molecule has 0 amide bonds. The maximum Gasteiger partial charge on any atom is 0.0969 e. The van der Waals surface area contributed by atoms with E-state index in [0.29, 0.717) is 18.2 Å². The molecule has 0 spiro atoms. The molecule has 2 aliphatic rings. The fourth-order valence-corrected chi connectivity index (χ4v) is 2.17. The summed E-state index contributed by atoms with van der Waals surface area (Å²) in [6.07, 6.45) is 3.50. The molecule has 3 nitrogen and oxygen atoms in total. The summed E-state index contributed by atoms with van der Waals surface area (Å²) in [6, 6.07) is 0.695. The van der Waals surface area contributed by atoms with Crippen molar-refractivity contribution in [2.75, 3.05) is 26.8 Å². The van der Waals surface area contributed by atoms with Gasteiger partial charge in [0.05, 0.1) is 12.2 Å². The average molecular weight is 185 g/mol. The third-order valence-corrected chi connectivity index (χ3v) is 3.09. The van der Waals surface area contributed by atoms with Gasteiger partial charge in [-0.3, -0.25) is 4.90 Å². The van der Waals surface area contributed by atoms with Crippen LogP contribution in [0.15, 0.2) is 0 Å². The lowest BCUT2D eigenvalue weighted by atomic mass is 10.0. The predicted octanol–water partition coefficient (Wildman–Crippen LogP) is 0.884. The quantitative estimate of drug-likeness (QED) is 0.480. The lowest BCUT2D eigenvalue weighted by Crippen LogP contribution is -2.42. The molecule has 0 aliphatic carbocycles. The number of hydrogen-bond acceptors (Lipinski definition) is 3. The van der Waals surface area contributed by atoms with Gasteiger partial charge in [0.15, 0.2) is 0 Å². The molecule has 0 radical (unpaired) electrons. The minimum absolute atomic E-state index is 0.554. The number of epoxide rings is 1. The molecule has 2 heterocycles. The summed E-state index contributed by atoms with van der Waals surface area (Å²) in [5, 5.41) is 0. The van der Waals surface area contributed by atoms with Crippen molar-refractivity contribution < 1.29 is 9.47 Å². The lowest BCUT2D eigenvalue weighted by Gasteiger charge is -2.30. The van der Waals surface area contributed by atoms with Crippen molar-refractivity contribution >= 4 is 0 Å². The second-order valence-electron chi connectivity index (χ2n) is 4.14. The number of ether oxygens (including phenoxy) is 2. The van der Waals surface area contributed by atoms with Crippen LogP contribution >= 0.6 is 0 Å². The second-order valence-corrected chi connectivity index (χ2v) is 4.14. The number of rotatable bonds is 4.